The summed E-state index contributed by atoms with van der Waals surface area (Å²) in [5.74, 6) is -0.468. The molecule has 0 unspecified atom stereocenters. The van der Waals surface area contributed by atoms with Gasteiger partial charge in [0.2, 0.25) is 0 Å². The molecule has 0 aliphatic heterocycles. The van der Waals surface area contributed by atoms with Gasteiger partial charge in [-0.1, -0.05) is 23.9 Å². The van der Waals surface area contributed by atoms with Crippen molar-refractivity contribution in [2.24, 2.45) is 0 Å². The van der Waals surface area contributed by atoms with Crippen LogP contribution in [0.3, 0.4) is 0 Å². The lowest BCUT2D eigenvalue weighted by molar-refractivity contribution is 0.0542. The number of ether oxygens (including phenoxy) is 1. The van der Waals surface area contributed by atoms with Crippen LogP contribution in [-0.2, 0) is 11.3 Å². The van der Waals surface area contributed by atoms with Crippen LogP contribution in [0.25, 0.3) is 0 Å². The van der Waals surface area contributed by atoms with E-state index in [-0.39, 0.29) is 12.3 Å². The Morgan fingerprint density at radius 1 is 1.67 bits per heavy atom. The summed E-state index contributed by atoms with van der Waals surface area (Å²) in [6.07, 6.45) is 1.52. The van der Waals surface area contributed by atoms with Gasteiger partial charge in [-0.3, -0.25) is 0 Å². The third-order valence-electron chi connectivity index (χ3n) is 2.39. The number of thiophene rings is 1. The molecule has 0 spiro atoms. The lowest BCUT2D eigenvalue weighted by Crippen LogP contribution is -2.08. The van der Waals surface area contributed by atoms with Crippen molar-refractivity contribution in [3.05, 3.63) is 46.4 Å². The molecule has 0 fully saturated rings. The van der Waals surface area contributed by atoms with Gasteiger partial charge in [0.1, 0.15) is 6.61 Å². The monoisotopic (exact) mass is 263 g/mol. The molecule has 0 amide bonds. The van der Waals surface area contributed by atoms with Gasteiger partial charge in [0.25, 0.3) is 0 Å². The second-order valence-corrected chi connectivity index (χ2v) is 4.68. The van der Waals surface area contributed by atoms with Crippen LogP contribution in [0.1, 0.15) is 21.1 Å². The Kier molecular flexibility index (Phi) is 3.88. The maximum absolute atomic E-state index is 11.7. The molecule has 2 aromatic rings. The van der Waals surface area contributed by atoms with Gasteiger partial charge < -0.3 is 4.74 Å². The molecule has 0 aromatic carbocycles. The van der Waals surface area contributed by atoms with Crippen molar-refractivity contribution in [3.63, 3.8) is 0 Å². The van der Waals surface area contributed by atoms with E-state index in [9.17, 15) is 4.79 Å². The van der Waals surface area contributed by atoms with E-state index in [1.807, 2.05) is 17.5 Å². The molecule has 0 aliphatic rings. The van der Waals surface area contributed by atoms with Crippen molar-refractivity contribution in [2.45, 2.75) is 13.5 Å². The van der Waals surface area contributed by atoms with Gasteiger partial charge in [-0.2, -0.15) is 0 Å². The molecule has 0 saturated carbocycles. The Labute approximate surface area is 109 Å². The van der Waals surface area contributed by atoms with E-state index in [0.717, 1.165) is 4.88 Å². The lowest BCUT2D eigenvalue weighted by atomic mass is 10.3. The van der Waals surface area contributed by atoms with E-state index in [4.69, 9.17) is 4.74 Å². The SMILES string of the molecule is C=CCOC(=O)c1nnn(Cc2cccs2)c1C. The highest BCUT2D eigenvalue weighted by Gasteiger charge is 2.17. The Morgan fingerprint density at radius 3 is 3.17 bits per heavy atom. The highest BCUT2D eigenvalue weighted by Crippen LogP contribution is 2.13. The Balaban J connectivity index is 2.13. The zero-order chi connectivity index (χ0) is 13.0. The van der Waals surface area contributed by atoms with Crippen molar-refractivity contribution in [1.82, 2.24) is 15.0 Å². The average molecular weight is 263 g/mol. The first-order valence-electron chi connectivity index (χ1n) is 5.43. The first-order valence-corrected chi connectivity index (χ1v) is 6.31. The van der Waals surface area contributed by atoms with Gasteiger partial charge in [-0.15, -0.1) is 16.4 Å². The van der Waals surface area contributed by atoms with E-state index in [1.54, 1.807) is 22.9 Å². The molecular formula is C12H13N3O2S. The smallest absolute Gasteiger partial charge is 0.361 e. The van der Waals surface area contributed by atoms with Crippen LogP contribution in [0.5, 0.6) is 0 Å². The number of rotatable bonds is 5. The quantitative estimate of drug-likeness (QED) is 0.612. The fraction of sp³-hybridized carbons (Fsp3) is 0.250. The van der Waals surface area contributed by atoms with E-state index in [1.165, 1.54) is 6.08 Å². The van der Waals surface area contributed by atoms with Crippen molar-refractivity contribution in [2.75, 3.05) is 6.61 Å². The van der Waals surface area contributed by atoms with Gasteiger partial charge in [0.15, 0.2) is 5.69 Å². The molecule has 2 rings (SSSR count). The zero-order valence-corrected chi connectivity index (χ0v) is 10.8. The second-order valence-electron chi connectivity index (χ2n) is 3.65. The number of hydrogen-bond acceptors (Lipinski definition) is 5. The van der Waals surface area contributed by atoms with E-state index in [0.29, 0.717) is 12.2 Å². The normalized spacial score (nSPS) is 10.3. The first-order chi connectivity index (χ1) is 8.72. The number of carbonyl (C=O) groups excluding carboxylic acids is 1. The molecule has 0 aliphatic carbocycles. The highest BCUT2D eigenvalue weighted by molar-refractivity contribution is 7.09. The molecule has 6 heteroatoms. The second kappa shape index (κ2) is 5.59. The van der Waals surface area contributed by atoms with Crippen LogP contribution in [0.15, 0.2) is 30.2 Å². The zero-order valence-electron chi connectivity index (χ0n) is 10.00. The average Bonchev–Trinajstić information content (AvgIpc) is 2.98. The predicted octanol–water partition coefficient (Wildman–Crippen LogP) is 2.04. The number of esters is 1. The molecule has 18 heavy (non-hydrogen) atoms. The summed E-state index contributed by atoms with van der Waals surface area (Å²) in [6.45, 7) is 6.08. The minimum absolute atomic E-state index is 0.177. The molecule has 0 radical (unpaired) electrons. The maximum Gasteiger partial charge on any atom is 0.361 e. The van der Waals surface area contributed by atoms with Crippen LogP contribution in [0.4, 0.5) is 0 Å². The van der Waals surface area contributed by atoms with Crippen molar-refractivity contribution in [3.8, 4) is 0 Å². The van der Waals surface area contributed by atoms with Gasteiger partial charge in [0.05, 0.1) is 12.2 Å². The molecular weight excluding hydrogens is 250 g/mol. The third-order valence-corrected chi connectivity index (χ3v) is 3.26. The minimum Gasteiger partial charge on any atom is -0.457 e. The number of hydrogen-bond donors (Lipinski definition) is 0. The van der Waals surface area contributed by atoms with Crippen LogP contribution in [0, 0.1) is 6.92 Å². The maximum atomic E-state index is 11.7. The minimum atomic E-state index is -0.468. The molecule has 94 valence electrons. The fourth-order valence-electron chi connectivity index (χ4n) is 1.45. The van der Waals surface area contributed by atoms with Crippen molar-refractivity contribution in [1.29, 1.82) is 0 Å². The standard InChI is InChI=1S/C12H13N3O2S/c1-3-6-17-12(16)11-9(2)15(14-13-11)8-10-5-4-7-18-10/h3-5,7H,1,6,8H2,2H3. The van der Waals surface area contributed by atoms with E-state index >= 15 is 0 Å². The van der Waals surface area contributed by atoms with Gasteiger partial charge in [-0.05, 0) is 18.4 Å². The van der Waals surface area contributed by atoms with Gasteiger partial charge in [0, 0.05) is 4.88 Å². The highest BCUT2D eigenvalue weighted by atomic mass is 32.1. The van der Waals surface area contributed by atoms with E-state index in [2.05, 4.69) is 16.9 Å². The fourth-order valence-corrected chi connectivity index (χ4v) is 2.14. The van der Waals surface area contributed by atoms with E-state index < -0.39 is 5.97 Å². The molecule has 0 bridgehead atoms. The van der Waals surface area contributed by atoms with Gasteiger partial charge in [-0.25, -0.2) is 9.48 Å². The molecule has 0 N–H and O–H groups in total. The predicted molar refractivity (Wildman–Crippen MR) is 68.7 cm³/mol. The summed E-state index contributed by atoms with van der Waals surface area (Å²) in [6, 6.07) is 3.99. The molecule has 0 atom stereocenters. The Morgan fingerprint density at radius 2 is 2.50 bits per heavy atom. The van der Waals surface area contributed by atoms with Crippen molar-refractivity contribution < 1.29 is 9.53 Å². The summed E-state index contributed by atoms with van der Waals surface area (Å²) in [7, 11) is 0. The van der Waals surface area contributed by atoms with Crippen LogP contribution >= 0.6 is 11.3 Å². The lowest BCUT2D eigenvalue weighted by Gasteiger charge is -2.02. The van der Waals surface area contributed by atoms with Crippen LogP contribution in [0.2, 0.25) is 0 Å². The molecule has 5 nitrogen and oxygen atoms in total. The van der Waals surface area contributed by atoms with Crippen LogP contribution in [-0.4, -0.2) is 27.6 Å². The third kappa shape index (κ3) is 2.65. The first kappa shape index (κ1) is 12.5. The summed E-state index contributed by atoms with van der Waals surface area (Å²) < 4.78 is 6.63. The number of nitrogens with zero attached hydrogens (tertiary/aromatic N) is 3. The van der Waals surface area contributed by atoms with Crippen LogP contribution < -0.4 is 0 Å². The molecule has 0 saturated heterocycles. The summed E-state index contributed by atoms with van der Waals surface area (Å²) >= 11 is 1.64. The largest absolute Gasteiger partial charge is 0.457 e. The molecule has 2 heterocycles. The Bertz CT molecular complexity index is 546. The summed E-state index contributed by atoms with van der Waals surface area (Å²) in [5, 5.41) is 9.83. The van der Waals surface area contributed by atoms with Gasteiger partial charge >= 0.3 is 5.97 Å². The Hall–Kier alpha value is -1.95. The topological polar surface area (TPSA) is 57.0 Å². The number of carbonyl (C=O) groups is 1. The number of aromatic nitrogens is 3. The summed E-state index contributed by atoms with van der Waals surface area (Å²) in [4.78, 5) is 12.8. The summed E-state index contributed by atoms with van der Waals surface area (Å²) in [5.41, 5.74) is 0.964. The molecule has 2 aromatic heterocycles. The van der Waals surface area contributed by atoms with Crippen molar-refractivity contribution >= 4 is 17.3 Å².